The molecule has 1 aromatic rings. The van der Waals surface area contributed by atoms with Crippen molar-refractivity contribution >= 4 is 17.2 Å². The Bertz CT molecular complexity index is 220. The number of nitrogens with zero attached hydrogens (tertiary/aromatic N) is 1. The minimum absolute atomic E-state index is 0.0676. The summed E-state index contributed by atoms with van der Waals surface area (Å²) in [6, 6.07) is 0. The van der Waals surface area contributed by atoms with Crippen LogP contribution in [0.2, 0.25) is 0 Å². The summed E-state index contributed by atoms with van der Waals surface area (Å²) < 4.78 is 0. The topological polar surface area (TPSA) is 42.0 Å². The van der Waals surface area contributed by atoms with E-state index >= 15 is 0 Å². The van der Waals surface area contributed by atoms with Gasteiger partial charge < -0.3 is 5.32 Å². The number of hydrogen-bond acceptors (Lipinski definition) is 3. The fraction of sp³-hybridized carbons (Fsp3) is 0.429. The molecule has 0 aliphatic heterocycles. The second-order valence-corrected chi connectivity index (χ2v) is 2.83. The van der Waals surface area contributed by atoms with Crippen LogP contribution in [0.25, 0.3) is 0 Å². The molecule has 0 atom stereocenters. The number of carbonyl (C=O) groups is 1. The molecule has 1 rings (SSSR count). The first-order valence-corrected chi connectivity index (χ1v) is 4.41. The van der Waals surface area contributed by atoms with E-state index in [0.29, 0.717) is 13.0 Å². The number of hydrogen-bond donors (Lipinski definition) is 1. The van der Waals surface area contributed by atoms with Crippen LogP contribution >= 0.6 is 11.3 Å². The molecule has 0 aliphatic carbocycles. The summed E-state index contributed by atoms with van der Waals surface area (Å²) in [5, 5.41) is 4.67. The van der Waals surface area contributed by atoms with Gasteiger partial charge in [0.25, 0.3) is 0 Å². The maximum Gasteiger partial charge on any atom is 0.220 e. The van der Waals surface area contributed by atoms with Crippen molar-refractivity contribution in [3.05, 3.63) is 16.6 Å². The quantitative estimate of drug-likeness (QED) is 0.739. The molecule has 3 nitrogen and oxygen atoms in total. The molecule has 0 bridgehead atoms. The Morgan fingerprint density at radius 3 is 3.18 bits per heavy atom. The number of aromatic nitrogens is 1. The van der Waals surface area contributed by atoms with E-state index in [1.807, 2.05) is 12.3 Å². The van der Waals surface area contributed by atoms with Crippen molar-refractivity contribution in [3.63, 3.8) is 0 Å². The van der Waals surface area contributed by atoms with Crippen LogP contribution in [0.15, 0.2) is 10.9 Å². The smallest absolute Gasteiger partial charge is 0.220 e. The Hall–Kier alpha value is -0.900. The summed E-state index contributed by atoms with van der Waals surface area (Å²) in [5.41, 5.74) is 2.68. The highest BCUT2D eigenvalue weighted by atomic mass is 32.1. The van der Waals surface area contributed by atoms with Gasteiger partial charge in [0.1, 0.15) is 0 Å². The van der Waals surface area contributed by atoms with E-state index in [9.17, 15) is 4.79 Å². The largest absolute Gasteiger partial charge is 0.350 e. The van der Waals surface area contributed by atoms with E-state index in [0.717, 1.165) is 5.69 Å². The molecule has 0 aromatic carbocycles. The third kappa shape index (κ3) is 2.67. The molecule has 11 heavy (non-hydrogen) atoms. The predicted molar refractivity (Wildman–Crippen MR) is 44.3 cm³/mol. The van der Waals surface area contributed by atoms with Gasteiger partial charge in [-0.2, -0.15) is 0 Å². The maximum atomic E-state index is 10.8. The Morgan fingerprint density at radius 2 is 2.64 bits per heavy atom. The fourth-order valence-electron chi connectivity index (χ4n) is 0.639. The lowest BCUT2D eigenvalue weighted by atomic mass is 10.4. The van der Waals surface area contributed by atoms with Crippen LogP contribution in [0.3, 0.4) is 0 Å². The van der Waals surface area contributed by atoms with Crippen molar-refractivity contribution in [1.29, 1.82) is 0 Å². The van der Waals surface area contributed by atoms with Crippen LogP contribution in [-0.4, -0.2) is 10.9 Å². The third-order valence-electron chi connectivity index (χ3n) is 1.27. The minimum Gasteiger partial charge on any atom is -0.350 e. The number of nitrogens with one attached hydrogen (secondary N) is 1. The second-order valence-electron chi connectivity index (χ2n) is 2.11. The van der Waals surface area contributed by atoms with Crippen LogP contribution in [0.1, 0.15) is 19.0 Å². The van der Waals surface area contributed by atoms with Crippen molar-refractivity contribution in [1.82, 2.24) is 10.3 Å². The van der Waals surface area contributed by atoms with E-state index in [1.165, 1.54) is 11.3 Å². The predicted octanol–water partition coefficient (Wildman–Crippen LogP) is 1.17. The van der Waals surface area contributed by atoms with Gasteiger partial charge in [-0.25, -0.2) is 4.98 Å². The fourth-order valence-corrected chi connectivity index (χ4v) is 1.20. The molecule has 0 saturated carbocycles. The summed E-state index contributed by atoms with van der Waals surface area (Å²) in [7, 11) is 0. The van der Waals surface area contributed by atoms with E-state index in [2.05, 4.69) is 10.3 Å². The molecule has 0 unspecified atom stereocenters. The van der Waals surface area contributed by atoms with Gasteiger partial charge in [0.05, 0.1) is 17.7 Å². The molecular formula is C7H10N2OS. The molecule has 1 amide bonds. The van der Waals surface area contributed by atoms with Gasteiger partial charge in [-0.1, -0.05) is 6.92 Å². The van der Waals surface area contributed by atoms with Gasteiger partial charge in [0.15, 0.2) is 0 Å². The van der Waals surface area contributed by atoms with E-state index in [4.69, 9.17) is 0 Å². The lowest BCUT2D eigenvalue weighted by Gasteiger charge is -1.98. The minimum atomic E-state index is 0.0676. The van der Waals surface area contributed by atoms with Crippen LogP contribution in [0.4, 0.5) is 0 Å². The first-order chi connectivity index (χ1) is 5.33. The molecule has 1 heterocycles. The van der Waals surface area contributed by atoms with E-state index in [-0.39, 0.29) is 5.91 Å². The molecule has 0 spiro atoms. The van der Waals surface area contributed by atoms with Crippen molar-refractivity contribution in [2.24, 2.45) is 0 Å². The van der Waals surface area contributed by atoms with Gasteiger partial charge in [-0.15, -0.1) is 11.3 Å². The molecule has 0 aliphatic rings. The van der Waals surface area contributed by atoms with Gasteiger partial charge in [0.2, 0.25) is 5.91 Å². The van der Waals surface area contributed by atoms with Gasteiger partial charge in [-0.05, 0) is 0 Å². The zero-order chi connectivity index (χ0) is 8.10. The molecule has 0 saturated heterocycles. The number of carbonyl (C=O) groups excluding carboxylic acids is 1. The highest BCUT2D eigenvalue weighted by Crippen LogP contribution is 1.99. The Morgan fingerprint density at radius 1 is 1.82 bits per heavy atom. The van der Waals surface area contributed by atoms with Gasteiger partial charge in [0, 0.05) is 11.8 Å². The summed E-state index contributed by atoms with van der Waals surface area (Å²) in [6.45, 7) is 2.38. The molecule has 60 valence electrons. The lowest BCUT2D eigenvalue weighted by Crippen LogP contribution is -2.21. The van der Waals surface area contributed by atoms with Gasteiger partial charge in [-0.3, -0.25) is 4.79 Å². The molecule has 1 aromatic heterocycles. The zero-order valence-corrected chi connectivity index (χ0v) is 7.15. The lowest BCUT2D eigenvalue weighted by molar-refractivity contribution is -0.120. The monoisotopic (exact) mass is 170 g/mol. The van der Waals surface area contributed by atoms with Crippen LogP contribution in [-0.2, 0) is 11.3 Å². The number of thiazole rings is 1. The summed E-state index contributed by atoms with van der Waals surface area (Å²) in [5.74, 6) is 0.0676. The molecule has 4 heteroatoms. The number of rotatable bonds is 3. The van der Waals surface area contributed by atoms with Crippen LogP contribution in [0, 0.1) is 0 Å². The first kappa shape index (κ1) is 8.20. The Balaban J connectivity index is 2.29. The SMILES string of the molecule is CCC(=O)NCc1cscn1. The number of amides is 1. The molecule has 1 N–H and O–H groups in total. The average molecular weight is 170 g/mol. The molecule has 0 fully saturated rings. The molecular weight excluding hydrogens is 160 g/mol. The highest BCUT2D eigenvalue weighted by Gasteiger charge is 1.97. The van der Waals surface area contributed by atoms with Gasteiger partial charge >= 0.3 is 0 Å². The van der Waals surface area contributed by atoms with Crippen molar-refractivity contribution in [2.75, 3.05) is 0 Å². The van der Waals surface area contributed by atoms with E-state index in [1.54, 1.807) is 5.51 Å². The van der Waals surface area contributed by atoms with Crippen LogP contribution < -0.4 is 5.32 Å². The maximum absolute atomic E-state index is 10.8. The van der Waals surface area contributed by atoms with E-state index < -0.39 is 0 Å². The Kier molecular flexibility index (Phi) is 3.04. The van der Waals surface area contributed by atoms with Crippen molar-refractivity contribution in [3.8, 4) is 0 Å². The summed E-state index contributed by atoms with van der Waals surface area (Å²) in [6.07, 6.45) is 0.532. The van der Waals surface area contributed by atoms with Crippen LogP contribution in [0.5, 0.6) is 0 Å². The first-order valence-electron chi connectivity index (χ1n) is 3.46. The summed E-state index contributed by atoms with van der Waals surface area (Å²) >= 11 is 1.54. The van der Waals surface area contributed by atoms with Crippen molar-refractivity contribution < 1.29 is 4.79 Å². The molecule has 0 radical (unpaired) electrons. The zero-order valence-electron chi connectivity index (χ0n) is 6.33. The standard InChI is InChI=1S/C7H10N2OS/c1-2-7(10)8-3-6-4-11-5-9-6/h4-5H,2-3H2,1H3,(H,8,10). The second kappa shape index (κ2) is 4.08. The highest BCUT2D eigenvalue weighted by molar-refractivity contribution is 7.07. The summed E-state index contributed by atoms with van der Waals surface area (Å²) in [4.78, 5) is 14.8. The average Bonchev–Trinajstić information content (AvgIpc) is 2.52. The Labute approximate surface area is 69.5 Å². The van der Waals surface area contributed by atoms with Crippen molar-refractivity contribution in [2.45, 2.75) is 19.9 Å². The normalized spacial score (nSPS) is 9.55. The third-order valence-corrected chi connectivity index (χ3v) is 1.91.